The lowest BCUT2D eigenvalue weighted by molar-refractivity contribution is 0.645. The summed E-state index contributed by atoms with van der Waals surface area (Å²) in [7, 11) is 0. The van der Waals surface area contributed by atoms with Gasteiger partial charge in [-0.3, -0.25) is 0 Å². The molecule has 1 radical (unpaired) electrons. The molecule has 0 atom stereocenters. The number of aryl methyl sites for hydroxylation is 2. The number of hydrogen-bond donors (Lipinski definition) is 0. The van der Waals surface area contributed by atoms with Gasteiger partial charge in [-0.1, -0.05) is 70.2 Å². The SMILES string of the molecule is [CH2]CCCCCCc1ccc(CCC)cc1. The van der Waals surface area contributed by atoms with Crippen LogP contribution in [0.5, 0.6) is 0 Å². The van der Waals surface area contributed by atoms with Gasteiger partial charge in [-0.05, 0) is 30.4 Å². The third-order valence-corrected chi connectivity index (χ3v) is 3.03. The third-order valence-electron chi connectivity index (χ3n) is 3.03. The predicted molar refractivity (Wildman–Crippen MR) is 72.6 cm³/mol. The van der Waals surface area contributed by atoms with Gasteiger partial charge < -0.3 is 0 Å². The lowest BCUT2D eigenvalue weighted by Crippen LogP contribution is -1.88. The smallest absolute Gasteiger partial charge is 0.0279 e. The van der Waals surface area contributed by atoms with Crippen molar-refractivity contribution < 1.29 is 0 Å². The Morgan fingerprint density at radius 1 is 0.812 bits per heavy atom. The van der Waals surface area contributed by atoms with Gasteiger partial charge in [-0.15, -0.1) is 0 Å². The topological polar surface area (TPSA) is 0 Å². The van der Waals surface area contributed by atoms with Crippen molar-refractivity contribution in [3.05, 3.63) is 42.3 Å². The van der Waals surface area contributed by atoms with Crippen molar-refractivity contribution in [2.75, 3.05) is 0 Å². The van der Waals surface area contributed by atoms with Crippen molar-refractivity contribution >= 4 is 0 Å². The van der Waals surface area contributed by atoms with Gasteiger partial charge in [0.2, 0.25) is 0 Å². The first-order valence-electron chi connectivity index (χ1n) is 6.74. The fourth-order valence-electron chi connectivity index (χ4n) is 2.02. The van der Waals surface area contributed by atoms with Gasteiger partial charge in [0.1, 0.15) is 0 Å². The first-order chi connectivity index (χ1) is 7.86. The van der Waals surface area contributed by atoms with E-state index >= 15 is 0 Å². The van der Waals surface area contributed by atoms with Crippen LogP contribution in [-0.4, -0.2) is 0 Å². The van der Waals surface area contributed by atoms with E-state index in [2.05, 4.69) is 38.1 Å². The van der Waals surface area contributed by atoms with Crippen molar-refractivity contribution in [1.29, 1.82) is 0 Å². The van der Waals surface area contributed by atoms with Crippen molar-refractivity contribution in [3.8, 4) is 0 Å². The Bertz CT molecular complexity index is 258. The lowest BCUT2D eigenvalue weighted by atomic mass is 10.0. The molecule has 0 N–H and O–H groups in total. The molecule has 1 rings (SSSR count). The minimum atomic E-state index is 1.09. The van der Waals surface area contributed by atoms with Crippen molar-refractivity contribution in [2.24, 2.45) is 0 Å². The zero-order chi connectivity index (χ0) is 11.6. The summed E-state index contributed by atoms with van der Waals surface area (Å²) in [5.74, 6) is 0. The summed E-state index contributed by atoms with van der Waals surface area (Å²) in [6, 6.07) is 9.17. The maximum absolute atomic E-state index is 3.87. The largest absolute Gasteiger partial charge is 0.0651 e. The zero-order valence-electron chi connectivity index (χ0n) is 10.7. The molecule has 0 heteroatoms. The first-order valence-corrected chi connectivity index (χ1v) is 6.74. The molecule has 1 aromatic rings. The highest BCUT2D eigenvalue weighted by atomic mass is 14.0. The normalized spacial score (nSPS) is 10.6. The molecule has 0 nitrogen and oxygen atoms in total. The van der Waals surface area contributed by atoms with Crippen LogP contribution >= 0.6 is 0 Å². The van der Waals surface area contributed by atoms with Crippen molar-refractivity contribution in [1.82, 2.24) is 0 Å². The van der Waals surface area contributed by atoms with E-state index in [0.717, 1.165) is 6.42 Å². The Balaban J connectivity index is 2.21. The molecular formula is C16H25. The van der Waals surface area contributed by atoms with Gasteiger partial charge in [0.05, 0.1) is 0 Å². The number of benzene rings is 1. The van der Waals surface area contributed by atoms with Crippen LogP contribution in [0.2, 0.25) is 0 Å². The minimum absolute atomic E-state index is 1.09. The number of unbranched alkanes of at least 4 members (excludes halogenated alkanes) is 4. The average Bonchev–Trinajstić information content (AvgIpc) is 2.31. The van der Waals surface area contributed by atoms with Crippen LogP contribution in [0.3, 0.4) is 0 Å². The van der Waals surface area contributed by atoms with Crippen LogP contribution in [0.25, 0.3) is 0 Å². The summed E-state index contributed by atoms with van der Waals surface area (Å²) >= 11 is 0. The summed E-state index contributed by atoms with van der Waals surface area (Å²) in [4.78, 5) is 0. The Labute approximate surface area is 101 Å². The maximum atomic E-state index is 3.87. The van der Waals surface area contributed by atoms with E-state index in [1.165, 1.54) is 56.1 Å². The Hall–Kier alpha value is -0.780. The first kappa shape index (κ1) is 13.3. The van der Waals surface area contributed by atoms with Gasteiger partial charge in [0, 0.05) is 0 Å². The van der Waals surface area contributed by atoms with E-state index in [1.807, 2.05) is 0 Å². The summed E-state index contributed by atoms with van der Waals surface area (Å²) in [5, 5.41) is 0. The molecule has 0 fully saturated rings. The Morgan fingerprint density at radius 3 is 1.94 bits per heavy atom. The summed E-state index contributed by atoms with van der Waals surface area (Å²) in [6.45, 7) is 6.10. The molecular weight excluding hydrogens is 192 g/mol. The maximum Gasteiger partial charge on any atom is -0.0279 e. The Kier molecular flexibility index (Phi) is 6.96. The second-order valence-electron chi connectivity index (χ2n) is 4.58. The zero-order valence-corrected chi connectivity index (χ0v) is 10.7. The fourth-order valence-corrected chi connectivity index (χ4v) is 2.02. The van der Waals surface area contributed by atoms with Gasteiger partial charge in [-0.25, -0.2) is 0 Å². The van der Waals surface area contributed by atoms with Crippen LogP contribution in [0.15, 0.2) is 24.3 Å². The molecule has 0 bridgehead atoms. The molecule has 89 valence electrons. The van der Waals surface area contributed by atoms with E-state index in [-0.39, 0.29) is 0 Å². The van der Waals surface area contributed by atoms with Crippen molar-refractivity contribution in [2.45, 2.75) is 58.3 Å². The highest BCUT2D eigenvalue weighted by molar-refractivity contribution is 5.22. The van der Waals surface area contributed by atoms with Crippen LogP contribution < -0.4 is 0 Å². The van der Waals surface area contributed by atoms with E-state index in [9.17, 15) is 0 Å². The summed E-state index contributed by atoms with van der Waals surface area (Å²) < 4.78 is 0. The molecule has 0 aliphatic rings. The van der Waals surface area contributed by atoms with Crippen molar-refractivity contribution in [3.63, 3.8) is 0 Å². The van der Waals surface area contributed by atoms with E-state index < -0.39 is 0 Å². The van der Waals surface area contributed by atoms with Gasteiger partial charge >= 0.3 is 0 Å². The summed E-state index contributed by atoms with van der Waals surface area (Å²) in [6.07, 6.45) is 10.1. The highest BCUT2D eigenvalue weighted by Crippen LogP contribution is 2.11. The lowest BCUT2D eigenvalue weighted by Gasteiger charge is -2.03. The van der Waals surface area contributed by atoms with Crippen LogP contribution in [0, 0.1) is 6.92 Å². The molecule has 0 heterocycles. The van der Waals surface area contributed by atoms with E-state index in [0.29, 0.717) is 0 Å². The molecule has 0 spiro atoms. The standard InChI is InChI=1S/C16H25/c1-3-5-6-7-8-10-16-13-11-15(9-4-2)12-14-16/h11-14H,1,3-10H2,2H3. The monoisotopic (exact) mass is 217 g/mol. The Morgan fingerprint density at radius 2 is 1.38 bits per heavy atom. The second kappa shape index (κ2) is 8.38. The molecule has 0 saturated heterocycles. The van der Waals surface area contributed by atoms with Gasteiger partial charge in [-0.2, -0.15) is 0 Å². The van der Waals surface area contributed by atoms with Crippen LogP contribution in [0.4, 0.5) is 0 Å². The molecule has 0 saturated carbocycles. The second-order valence-corrected chi connectivity index (χ2v) is 4.58. The molecule has 0 aromatic heterocycles. The number of rotatable bonds is 8. The highest BCUT2D eigenvalue weighted by Gasteiger charge is 1.95. The molecule has 1 aromatic carbocycles. The van der Waals surface area contributed by atoms with E-state index in [1.54, 1.807) is 0 Å². The van der Waals surface area contributed by atoms with Crippen LogP contribution in [-0.2, 0) is 12.8 Å². The predicted octanol–water partition coefficient (Wildman–Crippen LogP) is 4.97. The quantitative estimate of drug-likeness (QED) is 0.539. The third kappa shape index (κ3) is 5.34. The van der Waals surface area contributed by atoms with Gasteiger partial charge in [0.25, 0.3) is 0 Å². The average molecular weight is 217 g/mol. The minimum Gasteiger partial charge on any atom is -0.0651 e. The molecule has 0 aliphatic carbocycles. The summed E-state index contributed by atoms with van der Waals surface area (Å²) in [5.41, 5.74) is 2.97. The molecule has 0 amide bonds. The van der Waals surface area contributed by atoms with Crippen LogP contribution in [0.1, 0.15) is 56.6 Å². The van der Waals surface area contributed by atoms with Gasteiger partial charge in [0.15, 0.2) is 0 Å². The van der Waals surface area contributed by atoms with E-state index in [4.69, 9.17) is 0 Å². The molecule has 0 unspecified atom stereocenters. The number of hydrogen-bond acceptors (Lipinski definition) is 0. The molecule has 16 heavy (non-hydrogen) atoms. The molecule has 0 aliphatic heterocycles. The fraction of sp³-hybridized carbons (Fsp3) is 0.562.